The maximum atomic E-state index is 12.9. The van der Waals surface area contributed by atoms with Crippen LogP contribution in [-0.4, -0.2) is 43.4 Å². The van der Waals surface area contributed by atoms with Crippen LogP contribution >= 0.6 is 23.1 Å². The monoisotopic (exact) mass is 549 g/mol. The van der Waals surface area contributed by atoms with E-state index in [1.165, 1.54) is 37.3 Å². The first-order valence-corrected chi connectivity index (χ1v) is 13.4. The third kappa shape index (κ3) is 6.27. The largest absolute Gasteiger partial charge is 0.496 e. The zero-order chi connectivity index (χ0) is 27.1. The van der Waals surface area contributed by atoms with Gasteiger partial charge in [0.25, 0.3) is 5.91 Å². The first kappa shape index (κ1) is 27.0. The molecule has 4 aromatic rings. The molecular weight excluding hydrogens is 522 g/mol. The molecule has 0 aliphatic heterocycles. The summed E-state index contributed by atoms with van der Waals surface area (Å²) in [5.41, 5.74) is 2.53. The molecule has 4 rings (SSSR count). The highest BCUT2D eigenvalue weighted by Crippen LogP contribution is 2.33. The molecule has 1 aromatic heterocycles. The van der Waals surface area contributed by atoms with E-state index >= 15 is 0 Å². The van der Waals surface area contributed by atoms with Crippen LogP contribution in [0.2, 0.25) is 0 Å². The Kier molecular flexibility index (Phi) is 8.88. The average molecular weight is 550 g/mol. The number of aromatic nitrogens is 1. The number of thiazole rings is 1. The highest BCUT2D eigenvalue weighted by atomic mass is 32.2. The van der Waals surface area contributed by atoms with Crippen LogP contribution < -0.4 is 24.8 Å². The van der Waals surface area contributed by atoms with Gasteiger partial charge >= 0.3 is 0 Å². The van der Waals surface area contributed by atoms with E-state index in [1.54, 1.807) is 37.4 Å². The minimum absolute atomic E-state index is 0.156. The van der Waals surface area contributed by atoms with Gasteiger partial charge in [-0.15, -0.1) is 23.1 Å². The Morgan fingerprint density at radius 3 is 2.13 bits per heavy atom. The van der Waals surface area contributed by atoms with Crippen molar-refractivity contribution in [1.82, 2.24) is 4.98 Å². The van der Waals surface area contributed by atoms with E-state index < -0.39 is 0 Å². The Hall–Kier alpha value is -4.02. The third-order valence-electron chi connectivity index (χ3n) is 5.57. The van der Waals surface area contributed by atoms with E-state index in [0.29, 0.717) is 27.9 Å². The van der Waals surface area contributed by atoms with Gasteiger partial charge in [0.15, 0.2) is 5.13 Å². The molecule has 196 valence electrons. The molecule has 0 saturated carbocycles. The summed E-state index contributed by atoms with van der Waals surface area (Å²) >= 11 is 2.77. The number of hydrogen-bond donors (Lipinski definition) is 2. The molecule has 0 bridgehead atoms. The first-order valence-electron chi connectivity index (χ1n) is 11.6. The molecule has 1 atom stereocenters. The number of nitrogens with zero attached hydrogens (tertiary/aromatic N) is 1. The molecule has 3 aromatic carbocycles. The number of hydrogen-bond acceptors (Lipinski definition) is 8. The minimum atomic E-state index is -0.369. The Labute approximate surface area is 229 Å². The van der Waals surface area contributed by atoms with E-state index in [0.717, 1.165) is 21.9 Å². The fourth-order valence-electron chi connectivity index (χ4n) is 3.66. The Bertz CT molecular complexity index is 1400. The van der Waals surface area contributed by atoms with Gasteiger partial charge in [0.1, 0.15) is 22.8 Å². The summed E-state index contributed by atoms with van der Waals surface area (Å²) in [6, 6.07) is 20.1. The Balaban J connectivity index is 1.36. The summed E-state index contributed by atoms with van der Waals surface area (Å²) in [6.45, 7) is 1.83. The van der Waals surface area contributed by atoms with Crippen molar-refractivity contribution in [3.8, 4) is 28.5 Å². The second-order valence-corrected chi connectivity index (χ2v) is 10.3. The fourth-order valence-corrected chi connectivity index (χ4v) is 5.24. The summed E-state index contributed by atoms with van der Waals surface area (Å²) in [7, 11) is 4.62. The Morgan fingerprint density at radius 1 is 0.842 bits per heavy atom. The van der Waals surface area contributed by atoms with Crippen molar-refractivity contribution >= 4 is 45.7 Å². The molecule has 1 heterocycles. The number of thioether (sulfide) groups is 1. The smallest absolute Gasteiger partial charge is 0.263 e. The molecule has 0 radical (unpaired) electrons. The lowest BCUT2D eigenvalue weighted by Crippen LogP contribution is -2.22. The third-order valence-corrected chi connectivity index (χ3v) is 7.44. The van der Waals surface area contributed by atoms with E-state index in [9.17, 15) is 9.59 Å². The molecule has 0 saturated heterocycles. The van der Waals surface area contributed by atoms with Crippen LogP contribution in [0.4, 0.5) is 10.8 Å². The number of para-hydroxylation sites is 1. The molecule has 10 heteroatoms. The number of carbonyl (C=O) groups excluding carboxylic acids is 2. The van der Waals surface area contributed by atoms with Crippen molar-refractivity contribution in [3.05, 3.63) is 77.7 Å². The highest BCUT2D eigenvalue weighted by Gasteiger charge is 2.19. The van der Waals surface area contributed by atoms with Crippen LogP contribution in [0.5, 0.6) is 17.2 Å². The van der Waals surface area contributed by atoms with Gasteiger partial charge in [0.2, 0.25) is 5.91 Å². The normalized spacial score (nSPS) is 11.4. The molecule has 1 unspecified atom stereocenters. The van der Waals surface area contributed by atoms with E-state index in [4.69, 9.17) is 14.2 Å². The van der Waals surface area contributed by atoms with Crippen molar-refractivity contribution in [3.63, 3.8) is 0 Å². The van der Waals surface area contributed by atoms with Gasteiger partial charge in [-0.3, -0.25) is 9.59 Å². The summed E-state index contributed by atoms with van der Waals surface area (Å²) < 4.78 is 16.0. The molecule has 0 fully saturated rings. The first-order chi connectivity index (χ1) is 18.4. The van der Waals surface area contributed by atoms with Crippen LogP contribution in [0.25, 0.3) is 11.3 Å². The SMILES string of the molecule is COc1ccccc1-c1csc(NC(=O)C(C)Sc2ccc(NC(=O)c3c(OC)cccc3OC)cc2)n1. The predicted octanol–water partition coefficient (Wildman–Crippen LogP) is 6.21. The number of rotatable bonds is 10. The lowest BCUT2D eigenvalue weighted by atomic mass is 10.1. The van der Waals surface area contributed by atoms with Gasteiger partial charge in [0.05, 0.1) is 32.3 Å². The highest BCUT2D eigenvalue weighted by molar-refractivity contribution is 8.00. The maximum absolute atomic E-state index is 12.9. The lowest BCUT2D eigenvalue weighted by molar-refractivity contribution is -0.115. The predicted molar refractivity (Wildman–Crippen MR) is 152 cm³/mol. The molecule has 0 aliphatic carbocycles. The topological polar surface area (TPSA) is 98.8 Å². The molecule has 0 spiro atoms. The van der Waals surface area contributed by atoms with Crippen molar-refractivity contribution in [1.29, 1.82) is 0 Å². The standard InChI is InChI=1S/C28H27N3O5S2/c1-17(26(32)31-28-30-21(16-37-28)20-8-5-6-9-22(20)34-2)38-19-14-12-18(13-15-19)29-27(33)25-23(35-3)10-7-11-24(25)36-4/h5-17H,1-4H3,(H,29,33)(H,30,31,32). The zero-order valence-electron chi connectivity index (χ0n) is 21.3. The number of anilines is 2. The zero-order valence-corrected chi connectivity index (χ0v) is 22.9. The summed E-state index contributed by atoms with van der Waals surface area (Å²) in [5, 5.41) is 7.80. The van der Waals surface area contributed by atoms with E-state index in [2.05, 4.69) is 15.6 Å². The van der Waals surface area contributed by atoms with Crippen LogP contribution in [0, 0.1) is 0 Å². The molecule has 8 nitrogen and oxygen atoms in total. The molecule has 0 aliphatic rings. The van der Waals surface area contributed by atoms with Crippen LogP contribution in [0.3, 0.4) is 0 Å². The second kappa shape index (κ2) is 12.5. The molecule has 2 N–H and O–H groups in total. The lowest BCUT2D eigenvalue weighted by Gasteiger charge is -2.14. The minimum Gasteiger partial charge on any atom is -0.496 e. The van der Waals surface area contributed by atoms with Gasteiger partial charge in [-0.05, 0) is 55.5 Å². The Morgan fingerprint density at radius 2 is 1.47 bits per heavy atom. The summed E-state index contributed by atoms with van der Waals surface area (Å²) in [5.74, 6) is 1.06. The summed E-state index contributed by atoms with van der Waals surface area (Å²) in [6.07, 6.45) is 0. The average Bonchev–Trinajstić information content (AvgIpc) is 3.41. The quantitative estimate of drug-likeness (QED) is 0.227. The molecular formula is C28H27N3O5S2. The number of nitrogens with one attached hydrogen (secondary N) is 2. The number of amides is 2. The van der Waals surface area contributed by atoms with Gasteiger partial charge in [-0.25, -0.2) is 4.98 Å². The van der Waals surface area contributed by atoms with Gasteiger partial charge in [0, 0.05) is 21.5 Å². The molecule has 38 heavy (non-hydrogen) atoms. The van der Waals surface area contributed by atoms with Crippen molar-refractivity contribution in [2.75, 3.05) is 32.0 Å². The number of ether oxygens (including phenoxy) is 3. The maximum Gasteiger partial charge on any atom is 0.263 e. The number of methoxy groups -OCH3 is 3. The van der Waals surface area contributed by atoms with Gasteiger partial charge in [-0.1, -0.05) is 18.2 Å². The van der Waals surface area contributed by atoms with Crippen molar-refractivity contribution in [2.24, 2.45) is 0 Å². The molecule has 2 amide bonds. The number of benzene rings is 3. The summed E-state index contributed by atoms with van der Waals surface area (Å²) in [4.78, 5) is 31.1. The van der Waals surface area contributed by atoms with E-state index in [1.807, 2.05) is 48.7 Å². The van der Waals surface area contributed by atoms with Gasteiger partial charge in [-0.2, -0.15) is 0 Å². The van der Waals surface area contributed by atoms with Crippen LogP contribution in [-0.2, 0) is 4.79 Å². The second-order valence-electron chi connectivity index (χ2n) is 8.00. The van der Waals surface area contributed by atoms with Crippen molar-refractivity contribution < 1.29 is 23.8 Å². The van der Waals surface area contributed by atoms with Crippen molar-refractivity contribution in [2.45, 2.75) is 17.1 Å². The fraction of sp³-hybridized carbons (Fsp3) is 0.179. The van der Waals surface area contributed by atoms with Gasteiger partial charge < -0.3 is 24.8 Å². The van der Waals surface area contributed by atoms with Crippen LogP contribution in [0.1, 0.15) is 17.3 Å². The number of carbonyl (C=O) groups is 2. The van der Waals surface area contributed by atoms with E-state index in [-0.39, 0.29) is 17.1 Å². The van der Waals surface area contributed by atoms with Crippen LogP contribution in [0.15, 0.2) is 77.0 Å².